The topological polar surface area (TPSA) is 36.4 Å². The Hall–Kier alpha value is -1.09. The summed E-state index contributed by atoms with van der Waals surface area (Å²) in [6.07, 6.45) is 4.13. The lowest BCUT2D eigenvalue weighted by Crippen LogP contribution is -2.24. The van der Waals surface area contributed by atoms with E-state index in [1.165, 1.54) is 12.8 Å². The van der Waals surface area contributed by atoms with E-state index in [-0.39, 0.29) is 6.61 Å². The van der Waals surface area contributed by atoms with Gasteiger partial charge in [-0.1, -0.05) is 19.4 Å². The van der Waals surface area contributed by atoms with Gasteiger partial charge in [0.05, 0.1) is 6.61 Å². The van der Waals surface area contributed by atoms with Crippen molar-refractivity contribution in [2.45, 2.75) is 33.3 Å². The van der Waals surface area contributed by atoms with Gasteiger partial charge in [0.15, 0.2) is 0 Å². The number of rotatable bonds is 6. The standard InChI is InChI=1S/C12H20N2O/c1-3-5-8-14(4-2)12-7-6-11(10-15)9-13-12/h6-7,9,15H,3-5,8,10H2,1-2H3. The minimum atomic E-state index is 0.0639. The smallest absolute Gasteiger partial charge is 0.128 e. The zero-order valence-corrected chi connectivity index (χ0v) is 9.61. The van der Waals surface area contributed by atoms with Crippen LogP contribution in [-0.2, 0) is 6.61 Å². The van der Waals surface area contributed by atoms with Crippen LogP contribution in [0.25, 0.3) is 0 Å². The molecular formula is C12H20N2O. The maximum Gasteiger partial charge on any atom is 0.128 e. The van der Waals surface area contributed by atoms with Gasteiger partial charge in [0, 0.05) is 19.3 Å². The molecule has 1 aromatic heterocycles. The molecule has 1 N–H and O–H groups in total. The Labute approximate surface area is 91.8 Å². The predicted octanol–water partition coefficient (Wildman–Crippen LogP) is 2.20. The third-order valence-electron chi connectivity index (χ3n) is 2.48. The van der Waals surface area contributed by atoms with Crippen molar-refractivity contribution < 1.29 is 5.11 Å². The molecule has 0 amide bonds. The molecule has 0 bridgehead atoms. The van der Waals surface area contributed by atoms with Crippen molar-refractivity contribution in [1.29, 1.82) is 0 Å². The summed E-state index contributed by atoms with van der Waals surface area (Å²) in [7, 11) is 0. The number of aromatic nitrogens is 1. The van der Waals surface area contributed by atoms with Gasteiger partial charge in [0.1, 0.15) is 5.82 Å². The average molecular weight is 208 g/mol. The Morgan fingerprint density at radius 3 is 2.60 bits per heavy atom. The Morgan fingerprint density at radius 2 is 2.13 bits per heavy atom. The number of nitrogens with zero attached hydrogens (tertiary/aromatic N) is 2. The van der Waals surface area contributed by atoms with Crippen LogP contribution in [0.4, 0.5) is 5.82 Å². The lowest BCUT2D eigenvalue weighted by atomic mass is 10.2. The van der Waals surface area contributed by atoms with Gasteiger partial charge >= 0.3 is 0 Å². The molecule has 0 atom stereocenters. The van der Waals surface area contributed by atoms with Gasteiger partial charge in [-0.15, -0.1) is 0 Å². The van der Waals surface area contributed by atoms with Crippen LogP contribution in [-0.4, -0.2) is 23.2 Å². The predicted molar refractivity (Wildman–Crippen MR) is 63.0 cm³/mol. The molecule has 0 saturated heterocycles. The van der Waals surface area contributed by atoms with Crippen LogP contribution in [0.3, 0.4) is 0 Å². The summed E-state index contributed by atoms with van der Waals surface area (Å²) >= 11 is 0. The molecule has 0 saturated carbocycles. The fourth-order valence-corrected chi connectivity index (χ4v) is 1.48. The molecule has 3 nitrogen and oxygen atoms in total. The molecule has 0 aliphatic rings. The summed E-state index contributed by atoms with van der Waals surface area (Å²) in [5.41, 5.74) is 0.866. The molecule has 0 aliphatic heterocycles. The second kappa shape index (κ2) is 6.40. The van der Waals surface area contributed by atoms with Crippen LogP contribution in [0.5, 0.6) is 0 Å². The molecule has 0 spiro atoms. The third kappa shape index (κ3) is 3.51. The van der Waals surface area contributed by atoms with Crippen LogP contribution < -0.4 is 4.90 Å². The molecule has 0 aromatic carbocycles. The molecule has 0 fully saturated rings. The molecule has 3 heteroatoms. The highest BCUT2D eigenvalue weighted by Gasteiger charge is 2.04. The second-order valence-corrected chi connectivity index (χ2v) is 3.62. The molecule has 1 aromatic rings. The molecule has 0 radical (unpaired) electrons. The quantitative estimate of drug-likeness (QED) is 0.778. The molecule has 0 aliphatic carbocycles. The Bertz CT molecular complexity index is 271. The minimum absolute atomic E-state index is 0.0639. The first-order valence-corrected chi connectivity index (χ1v) is 5.62. The highest BCUT2D eigenvalue weighted by Crippen LogP contribution is 2.11. The lowest BCUT2D eigenvalue weighted by molar-refractivity contribution is 0.281. The summed E-state index contributed by atoms with van der Waals surface area (Å²) in [5, 5.41) is 8.91. The monoisotopic (exact) mass is 208 g/mol. The highest BCUT2D eigenvalue weighted by atomic mass is 16.3. The van der Waals surface area contributed by atoms with Crippen LogP contribution in [0, 0.1) is 0 Å². The van der Waals surface area contributed by atoms with E-state index >= 15 is 0 Å². The van der Waals surface area contributed by atoms with Crippen molar-refractivity contribution in [2.75, 3.05) is 18.0 Å². The molecule has 84 valence electrons. The molecule has 0 unspecified atom stereocenters. The number of aliphatic hydroxyl groups is 1. The van der Waals surface area contributed by atoms with E-state index in [1.807, 2.05) is 12.1 Å². The first-order chi connectivity index (χ1) is 7.31. The molecule has 1 rings (SSSR count). The van der Waals surface area contributed by atoms with Gasteiger partial charge in [-0.25, -0.2) is 4.98 Å². The fourth-order valence-electron chi connectivity index (χ4n) is 1.48. The fraction of sp³-hybridized carbons (Fsp3) is 0.583. The lowest BCUT2D eigenvalue weighted by Gasteiger charge is -2.21. The number of hydrogen-bond donors (Lipinski definition) is 1. The molecule has 1 heterocycles. The summed E-state index contributed by atoms with van der Waals surface area (Å²) in [5.74, 6) is 1.00. The number of pyridine rings is 1. The van der Waals surface area contributed by atoms with Crippen molar-refractivity contribution in [3.63, 3.8) is 0 Å². The van der Waals surface area contributed by atoms with E-state index in [0.29, 0.717) is 0 Å². The number of aliphatic hydroxyl groups excluding tert-OH is 1. The van der Waals surface area contributed by atoms with Crippen LogP contribution in [0.15, 0.2) is 18.3 Å². The third-order valence-corrected chi connectivity index (χ3v) is 2.48. The zero-order chi connectivity index (χ0) is 11.1. The van der Waals surface area contributed by atoms with Crippen molar-refractivity contribution in [3.8, 4) is 0 Å². The van der Waals surface area contributed by atoms with Crippen LogP contribution in [0.2, 0.25) is 0 Å². The van der Waals surface area contributed by atoms with Gasteiger partial charge in [-0.3, -0.25) is 0 Å². The highest BCUT2D eigenvalue weighted by molar-refractivity contribution is 5.38. The van der Waals surface area contributed by atoms with Crippen LogP contribution >= 0.6 is 0 Å². The van der Waals surface area contributed by atoms with Crippen molar-refractivity contribution in [1.82, 2.24) is 4.98 Å². The largest absolute Gasteiger partial charge is 0.392 e. The summed E-state index contributed by atoms with van der Waals surface area (Å²) < 4.78 is 0. The van der Waals surface area contributed by atoms with Gasteiger partial charge < -0.3 is 10.0 Å². The van der Waals surface area contributed by atoms with Gasteiger partial charge in [0.2, 0.25) is 0 Å². The summed E-state index contributed by atoms with van der Waals surface area (Å²) in [4.78, 5) is 6.59. The van der Waals surface area contributed by atoms with Crippen LogP contribution in [0.1, 0.15) is 32.3 Å². The zero-order valence-electron chi connectivity index (χ0n) is 9.61. The first-order valence-electron chi connectivity index (χ1n) is 5.62. The number of unbranched alkanes of at least 4 members (excludes halogenated alkanes) is 1. The second-order valence-electron chi connectivity index (χ2n) is 3.62. The van der Waals surface area contributed by atoms with Gasteiger partial charge in [-0.05, 0) is 25.0 Å². The summed E-state index contributed by atoms with van der Waals surface area (Å²) in [6.45, 7) is 6.42. The van der Waals surface area contributed by atoms with E-state index < -0.39 is 0 Å². The van der Waals surface area contributed by atoms with Crippen molar-refractivity contribution in [3.05, 3.63) is 23.9 Å². The SMILES string of the molecule is CCCCN(CC)c1ccc(CO)cn1. The van der Waals surface area contributed by atoms with Gasteiger partial charge in [-0.2, -0.15) is 0 Å². The number of anilines is 1. The van der Waals surface area contributed by atoms with E-state index in [1.54, 1.807) is 6.20 Å². The van der Waals surface area contributed by atoms with Crippen molar-refractivity contribution >= 4 is 5.82 Å². The van der Waals surface area contributed by atoms with Gasteiger partial charge in [0.25, 0.3) is 0 Å². The van der Waals surface area contributed by atoms with E-state index in [4.69, 9.17) is 5.11 Å². The first kappa shape index (κ1) is 12.0. The van der Waals surface area contributed by atoms with Crippen molar-refractivity contribution in [2.24, 2.45) is 0 Å². The Balaban J connectivity index is 2.65. The normalized spacial score (nSPS) is 10.3. The Kier molecular flexibility index (Phi) is 5.12. The average Bonchev–Trinajstić information content (AvgIpc) is 2.31. The Morgan fingerprint density at radius 1 is 1.33 bits per heavy atom. The molecular weight excluding hydrogens is 188 g/mol. The number of hydrogen-bond acceptors (Lipinski definition) is 3. The van der Waals surface area contributed by atoms with E-state index in [2.05, 4.69) is 23.7 Å². The maximum atomic E-state index is 8.91. The minimum Gasteiger partial charge on any atom is -0.392 e. The molecule has 15 heavy (non-hydrogen) atoms. The van der Waals surface area contributed by atoms with E-state index in [0.717, 1.165) is 24.5 Å². The van der Waals surface area contributed by atoms with E-state index in [9.17, 15) is 0 Å². The summed E-state index contributed by atoms with van der Waals surface area (Å²) in [6, 6.07) is 3.90. The maximum absolute atomic E-state index is 8.91.